The highest BCUT2D eigenvalue weighted by Crippen LogP contribution is 2.28. The average Bonchev–Trinajstić information content (AvgIpc) is 3.13. The number of nitrogens with zero attached hydrogens (tertiary/aromatic N) is 2. The Balaban J connectivity index is 1.57. The molecule has 0 spiro atoms. The van der Waals surface area contributed by atoms with Gasteiger partial charge in [-0.1, -0.05) is 24.3 Å². The summed E-state index contributed by atoms with van der Waals surface area (Å²) in [6, 6.07) is 15.0. The zero-order chi connectivity index (χ0) is 20.8. The Labute approximate surface area is 173 Å². The van der Waals surface area contributed by atoms with E-state index in [1.54, 1.807) is 5.38 Å². The first-order valence-corrected chi connectivity index (χ1v) is 9.97. The molecule has 0 saturated heterocycles. The monoisotopic (exact) mass is 410 g/mol. The van der Waals surface area contributed by atoms with Crippen molar-refractivity contribution in [1.29, 1.82) is 0 Å². The Morgan fingerprint density at radius 3 is 2.41 bits per heavy atom. The summed E-state index contributed by atoms with van der Waals surface area (Å²) in [5.41, 5.74) is 3.44. The van der Waals surface area contributed by atoms with Crippen LogP contribution >= 0.6 is 11.3 Å². The van der Waals surface area contributed by atoms with E-state index in [1.807, 2.05) is 62.4 Å². The molecule has 6 nitrogen and oxygen atoms in total. The highest BCUT2D eigenvalue weighted by molar-refractivity contribution is 7.14. The predicted molar refractivity (Wildman–Crippen MR) is 113 cm³/mol. The second-order valence-electron chi connectivity index (χ2n) is 6.58. The summed E-state index contributed by atoms with van der Waals surface area (Å²) >= 11 is 1.32. The second kappa shape index (κ2) is 9.34. The zero-order valence-electron chi connectivity index (χ0n) is 16.5. The maximum atomic E-state index is 12.1. The first-order valence-electron chi connectivity index (χ1n) is 9.09. The van der Waals surface area contributed by atoms with Crippen molar-refractivity contribution in [2.75, 3.05) is 11.5 Å². The van der Waals surface area contributed by atoms with Gasteiger partial charge in [-0.15, -0.1) is 11.3 Å². The van der Waals surface area contributed by atoms with E-state index < -0.39 is 5.97 Å². The fraction of sp³-hybridized carbons (Fsp3) is 0.227. The van der Waals surface area contributed by atoms with Crippen molar-refractivity contribution in [1.82, 2.24) is 4.98 Å². The maximum absolute atomic E-state index is 12.1. The molecule has 0 N–H and O–H groups in total. The quantitative estimate of drug-likeness (QED) is 0.534. The average molecular weight is 410 g/mol. The van der Waals surface area contributed by atoms with Crippen LogP contribution in [0.1, 0.15) is 23.7 Å². The van der Waals surface area contributed by atoms with Crippen molar-refractivity contribution >= 4 is 34.0 Å². The van der Waals surface area contributed by atoms with Gasteiger partial charge in [0.2, 0.25) is 5.91 Å². The van der Waals surface area contributed by atoms with Crippen LogP contribution in [0.15, 0.2) is 53.9 Å². The van der Waals surface area contributed by atoms with Crippen LogP contribution in [0.2, 0.25) is 0 Å². The van der Waals surface area contributed by atoms with Gasteiger partial charge in [-0.25, -0.2) is 9.78 Å². The molecule has 2 aromatic carbocycles. The normalized spacial score (nSPS) is 10.4. The fourth-order valence-corrected chi connectivity index (χ4v) is 3.70. The first kappa shape index (κ1) is 20.5. The van der Waals surface area contributed by atoms with E-state index in [0.717, 1.165) is 16.8 Å². The molecule has 1 aromatic heterocycles. The van der Waals surface area contributed by atoms with Gasteiger partial charge >= 0.3 is 5.97 Å². The number of para-hydroxylation sites is 1. The molecule has 3 rings (SSSR count). The Hall–Kier alpha value is -3.19. The lowest BCUT2D eigenvalue weighted by Gasteiger charge is -2.17. The summed E-state index contributed by atoms with van der Waals surface area (Å²) in [5.74, 6) is 0.0106. The van der Waals surface area contributed by atoms with Crippen LogP contribution in [-0.2, 0) is 20.9 Å². The van der Waals surface area contributed by atoms with Gasteiger partial charge in [-0.2, -0.15) is 0 Å². The number of hydrogen-bond acceptors (Lipinski definition) is 6. The molecule has 0 aliphatic rings. The second-order valence-corrected chi connectivity index (χ2v) is 7.42. The van der Waals surface area contributed by atoms with Crippen molar-refractivity contribution in [3.05, 3.63) is 70.7 Å². The number of thiazole rings is 1. The summed E-state index contributed by atoms with van der Waals surface area (Å²) < 4.78 is 10.8. The van der Waals surface area contributed by atoms with Gasteiger partial charge in [0.15, 0.2) is 11.7 Å². The van der Waals surface area contributed by atoms with E-state index in [0.29, 0.717) is 16.6 Å². The topological polar surface area (TPSA) is 68.7 Å². The summed E-state index contributed by atoms with van der Waals surface area (Å²) in [6.07, 6.45) is 0. The van der Waals surface area contributed by atoms with Gasteiger partial charge < -0.3 is 9.47 Å². The minimum atomic E-state index is -0.481. The third kappa shape index (κ3) is 5.65. The van der Waals surface area contributed by atoms with Crippen LogP contribution in [0.3, 0.4) is 0 Å². The van der Waals surface area contributed by atoms with Crippen molar-refractivity contribution in [2.24, 2.45) is 0 Å². The number of aromatic nitrogens is 1. The van der Waals surface area contributed by atoms with E-state index >= 15 is 0 Å². The van der Waals surface area contributed by atoms with Crippen molar-refractivity contribution < 1.29 is 19.1 Å². The van der Waals surface area contributed by atoms with Crippen molar-refractivity contribution in [3.8, 4) is 5.75 Å². The third-order valence-corrected chi connectivity index (χ3v) is 4.87. The summed E-state index contributed by atoms with van der Waals surface area (Å²) in [5, 5.41) is 2.30. The van der Waals surface area contributed by atoms with E-state index in [-0.39, 0.29) is 19.1 Å². The molecular formula is C22H22N2O4S. The molecule has 0 aliphatic carbocycles. The summed E-state index contributed by atoms with van der Waals surface area (Å²) in [7, 11) is 0. The smallest absolute Gasteiger partial charge is 0.344 e. The van der Waals surface area contributed by atoms with Gasteiger partial charge in [0, 0.05) is 12.3 Å². The molecule has 0 unspecified atom stereocenters. The number of esters is 1. The van der Waals surface area contributed by atoms with E-state index in [1.165, 1.54) is 23.2 Å². The molecule has 0 bridgehead atoms. The standard InChI is InChI=1S/C22H22N2O4S/c1-15-9-16(2)11-20(10-15)27-13-21(26)28-12-18-14-29-22(23-18)24(17(3)25)19-7-5-4-6-8-19/h4-11,14H,12-13H2,1-3H3. The molecule has 3 aromatic rings. The van der Waals surface area contributed by atoms with Crippen LogP contribution < -0.4 is 9.64 Å². The van der Waals surface area contributed by atoms with Gasteiger partial charge in [0.05, 0.1) is 11.4 Å². The first-order chi connectivity index (χ1) is 13.9. The van der Waals surface area contributed by atoms with Gasteiger partial charge in [0.1, 0.15) is 12.4 Å². The van der Waals surface area contributed by atoms with Crippen LogP contribution in [-0.4, -0.2) is 23.5 Å². The number of amides is 1. The Morgan fingerprint density at radius 2 is 1.76 bits per heavy atom. The van der Waals surface area contributed by atoms with E-state index in [9.17, 15) is 9.59 Å². The molecule has 1 amide bonds. The molecular weight excluding hydrogens is 388 g/mol. The summed E-state index contributed by atoms with van der Waals surface area (Å²) in [6.45, 7) is 5.27. The molecule has 0 atom stereocenters. The van der Waals surface area contributed by atoms with Gasteiger partial charge in [0.25, 0.3) is 0 Å². The lowest BCUT2D eigenvalue weighted by atomic mass is 10.1. The number of rotatable bonds is 7. The molecule has 0 aliphatic heterocycles. The number of carbonyl (C=O) groups excluding carboxylic acids is 2. The SMILES string of the molecule is CC(=O)N(c1ccccc1)c1nc(COC(=O)COc2cc(C)cc(C)c2)cs1. The highest BCUT2D eigenvalue weighted by Gasteiger charge is 2.18. The van der Waals surface area contributed by atoms with Gasteiger partial charge in [-0.3, -0.25) is 9.69 Å². The Kier molecular flexibility index (Phi) is 6.61. The minimum absolute atomic E-state index is 0.0199. The van der Waals surface area contributed by atoms with Crippen LogP contribution in [0.25, 0.3) is 0 Å². The minimum Gasteiger partial charge on any atom is -0.482 e. The number of anilines is 2. The number of carbonyl (C=O) groups is 2. The number of ether oxygens (including phenoxy) is 2. The van der Waals surface area contributed by atoms with Gasteiger partial charge in [-0.05, 0) is 49.2 Å². The molecule has 1 heterocycles. The number of benzene rings is 2. The molecule has 150 valence electrons. The van der Waals surface area contributed by atoms with E-state index in [4.69, 9.17) is 9.47 Å². The fourth-order valence-electron chi connectivity index (χ4n) is 2.82. The lowest BCUT2D eigenvalue weighted by Crippen LogP contribution is -2.22. The van der Waals surface area contributed by atoms with Crippen molar-refractivity contribution in [3.63, 3.8) is 0 Å². The number of hydrogen-bond donors (Lipinski definition) is 0. The van der Waals surface area contributed by atoms with Crippen LogP contribution in [0.4, 0.5) is 10.8 Å². The molecule has 0 radical (unpaired) electrons. The Morgan fingerprint density at radius 1 is 1.07 bits per heavy atom. The van der Waals surface area contributed by atoms with E-state index in [2.05, 4.69) is 4.98 Å². The molecule has 7 heteroatoms. The highest BCUT2D eigenvalue weighted by atomic mass is 32.1. The maximum Gasteiger partial charge on any atom is 0.344 e. The number of aryl methyl sites for hydroxylation is 2. The predicted octanol–water partition coefficient (Wildman–Crippen LogP) is 4.57. The molecule has 29 heavy (non-hydrogen) atoms. The molecule has 0 saturated carbocycles. The Bertz CT molecular complexity index is 981. The largest absolute Gasteiger partial charge is 0.482 e. The zero-order valence-corrected chi connectivity index (χ0v) is 17.4. The van der Waals surface area contributed by atoms with Crippen LogP contribution in [0, 0.1) is 13.8 Å². The van der Waals surface area contributed by atoms with Crippen LogP contribution in [0.5, 0.6) is 5.75 Å². The van der Waals surface area contributed by atoms with Crippen molar-refractivity contribution in [2.45, 2.75) is 27.4 Å². The lowest BCUT2D eigenvalue weighted by molar-refractivity contribution is -0.147. The summed E-state index contributed by atoms with van der Waals surface area (Å²) in [4.78, 5) is 30.0. The third-order valence-electron chi connectivity index (χ3n) is 3.99. The molecule has 0 fully saturated rings.